The maximum atomic E-state index is 11.6. The van der Waals surface area contributed by atoms with Crippen molar-refractivity contribution in [3.05, 3.63) is 29.3 Å². The molecule has 23 heavy (non-hydrogen) atoms. The number of ether oxygens (including phenoxy) is 1. The molecule has 1 aromatic rings. The lowest BCUT2D eigenvalue weighted by molar-refractivity contribution is 0.145. The highest BCUT2D eigenvalue weighted by Gasteiger charge is 2.09. The van der Waals surface area contributed by atoms with Gasteiger partial charge in [0, 0.05) is 17.3 Å². The Kier molecular flexibility index (Phi) is 7.68. The van der Waals surface area contributed by atoms with E-state index in [4.69, 9.17) is 16.3 Å². The zero-order valence-corrected chi connectivity index (χ0v) is 14.2. The molecule has 1 atom stereocenters. The van der Waals surface area contributed by atoms with Crippen molar-refractivity contribution in [2.75, 3.05) is 11.9 Å². The number of carbonyl (C=O) groups excluding carboxylic acids is 1. The van der Waals surface area contributed by atoms with Gasteiger partial charge in [-0.05, 0) is 37.5 Å². The number of halogens is 1. The second-order valence-corrected chi connectivity index (χ2v) is 6.16. The first-order chi connectivity index (χ1) is 10.8. The molecule has 0 spiro atoms. The van der Waals surface area contributed by atoms with Gasteiger partial charge in [0.15, 0.2) is 6.10 Å². The van der Waals surface area contributed by atoms with Gasteiger partial charge in [0.1, 0.15) is 6.11 Å². The van der Waals surface area contributed by atoms with E-state index in [9.17, 15) is 13.2 Å². The summed E-state index contributed by atoms with van der Waals surface area (Å²) >= 11 is 5.79. The molecule has 7 nitrogen and oxygen atoms in total. The summed E-state index contributed by atoms with van der Waals surface area (Å²) in [6.45, 7) is 3.53. The summed E-state index contributed by atoms with van der Waals surface area (Å²) in [5, 5.41) is 2.93. The smallest absolute Gasteiger partial charge is 0.412 e. The highest BCUT2D eigenvalue weighted by Crippen LogP contribution is 2.15. The molecule has 1 amide bonds. The molecule has 9 heteroatoms. The quantitative estimate of drug-likeness (QED) is 0.760. The molecule has 0 fully saturated rings. The van der Waals surface area contributed by atoms with Crippen LogP contribution in [-0.2, 0) is 19.2 Å². The molecular weight excluding hydrogens is 344 g/mol. The van der Waals surface area contributed by atoms with Crippen LogP contribution in [0.15, 0.2) is 24.3 Å². The minimum Gasteiger partial charge on any atom is -0.433 e. The number of rotatable bonds is 6. The van der Waals surface area contributed by atoms with Crippen LogP contribution in [0.1, 0.15) is 20.3 Å². The Bertz CT molecular complexity index is 697. The van der Waals surface area contributed by atoms with Crippen molar-refractivity contribution in [1.29, 1.82) is 0 Å². The number of carbonyl (C=O) groups is 1. The SMILES string of the molecule is CCCNS(=O)(=O)OC#CC(C)OC(=O)Nc1cccc(Cl)c1. The third-order valence-electron chi connectivity index (χ3n) is 2.30. The van der Waals surface area contributed by atoms with E-state index >= 15 is 0 Å². The van der Waals surface area contributed by atoms with Crippen molar-refractivity contribution < 1.29 is 22.1 Å². The fraction of sp³-hybridized carbons (Fsp3) is 0.357. The van der Waals surface area contributed by atoms with Crippen molar-refractivity contribution in [3.8, 4) is 12.0 Å². The summed E-state index contributed by atoms with van der Waals surface area (Å²) in [4.78, 5) is 11.6. The Morgan fingerprint density at radius 1 is 1.43 bits per heavy atom. The van der Waals surface area contributed by atoms with Crippen molar-refractivity contribution in [2.24, 2.45) is 0 Å². The highest BCUT2D eigenvalue weighted by molar-refractivity contribution is 7.84. The Labute approximate surface area is 140 Å². The first-order valence-electron chi connectivity index (χ1n) is 6.74. The van der Waals surface area contributed by atoms with E-state index in [1.54, 1.807) is 24.3 Å². The van der Waals surface area contributed by atoms with Gasteiger partial charge in [-0.15, -0.1) is 0 Å². The van der Waals surface area contributed by atoms with Gasteiger partial charge in [0.05, 0.1) is 0 Å². The second kappa shape index (κ2) is 9.25. The summed E-state index contributed by atoms with van der Waals surface area (Å²) in [6, 6.07) is 6.52. The van der Waals surface area contributed by atoms with Crippen molar-refractivity contribution in [1.82, 2.24) is 4.72 Å². The van der Waals surface area contributed by atoms with Crippen LogP contribution in [0.3, 0.4) is 0 Å². The summed E-state index contributed by atoms with van der Waals surface area (Å²) < 4.78 is 34.1. The summed E-state index contributed by atoms with van der Waals surface area (Å²) in [5.74, 6) is 2.34. The zero-order valence-electron chi connectivity index (χ0n) is 12.6. The maximum absolute atomic E-state index is 11.6. The lowest BCUT2D eigenvalue weighted by Gasteiger charge is -2.09. The summed E-state index contributed by atoms with van der Waals surface area (Å²) in [5.41, 5.74) is 0.463. The Hall–Kier alpha value is -1.95. The molecule has 1 unspecified atom stereocenters. The number of nitrogens with one attached hydrogen (secondary N) is 2. The minimum atomic E-state index is -3.92. The zero-order chi connectivity index (χ0) is 17.3. The largest absolute Gasteiger partial charge is 0.433 e. The van der Waals surface area contributed by atoms with E-state index in [1.807, 2.05) is 13.0 Å². The average molecular weight is 361 g/mol. The first-order valence-corrected chi connectivity index (χ1v) is 8.53. The molecule has 0 aliphatic carbocycles. The molecule has 0 aliphatic heterocycles. The lowest BCUT2D eigenvalue weighted by Crippen LogP contribution is -2.25. The van der Waals surface area contributed by atoms with Gasteiger partial charge in [0.2, 0.25) is 0 Å². The predicted octanol–water partition coefficient (Wildman–Crippen LogP) is 2.50. The molecular formula is C14H17ClN2O5S. The third-order valence-corrected chi connectivity index (χ3v) is 3.39. The normalized spacial score (nSPS) is 11.8. The van der Waals surface area contributed by atoms with Crippen LogP contribution < -0.4 is 10.0 Å². The molecule has 1 aromatic carbocycles. The molecule has 2 N–H and O–H groups in total. The van der Waals surface area contributed by atoms with E-state index in [-0.39, 0.29) is 6.54 Å². The van der Waals surface area contributed by atoms with Gasteiger partial charge in [-0.2, -0.15) is 13.1 Å². The highest BCUT2D eigenvalue weighted by atomic mass is 35.5. The first kappa shape index (κ1) is 19.1. The lowest BCUT2D eigenvalue weighted by atomic mass is 10.3. The number of benzene rings is 1. The van der Waals surface area contributed by atoms with E-state index in [1.165, 1.54) is 6.92 Å². The molecule has 0 aliphatic rings. The monoisotopic (exact) mass is 360 g/mol. The molecule has 0 saturated heterocycles. The number of hydrogen-bond acceptors (Lipinski definition) is 5. The molecule has 126 valence electrons. The van der Waals surface area contributed by atoms with E-state index in [2.05, 4.69) is 20.1 Å². The van der Waals surface area contributed by atoms with Crippen LogP contribution in [0, 0.1) is 12.0 Å². The van der Waals surface area contributed by atoms with E-state index < -0.39 is 22.5 Å². The molecule has 0 bridgehead atoms. The van der Waals surface area contributed by atoms with Crippen LogP contribution in [-0.4, -0.2) is 27.2 Å². The number of amides is 1. The Morgan fingerprint density at radius 2 is 2.17 bits per heavy atom. The predicted molar refractivity (Wildman–Crippen MR) is 87.1 cm³/mol. The van der Waals surface area contributed by atoms with Gasteiger partial charge >= 0.3 is 16.4 Å². The summed E-state index contributed by atoms with van der Waals surface area (Å²) in [7, 11) is -3.92. The minimum absolute atomic E-state index is 0.248. The van der Waals surface area contributed by atoms with E-state index in [0.717, 1.165) is 0 Å². The standard InChI is InChI=1S/C14H17ClN2O5S/c1-3-8-16-23(19,20)21-9-7-11(2)22-14(18)17-13-6-4-5-12(15)10-13/h4-6,10-11,16H,3,8H2,1-2H3,(H,17,18). The number of anilines is 1. The van der Waals surface area contributed by atoms with Crippen molar-refractivity contribution >= 4 is 33.7 Å². The molecule has 0 aromatic heterocycles. The van der Waals surface area contributed by atoms with Crippen LogP contribution in [0.4, 0.5) is 10.5 Å². The fourth-order valence-electron chi connectivity index (χ4n) is 1.32. The molecule has 1 rings (SSSR count). The van der Waals surface area contributed by atoms with Gasteiger partial charge in [-0.25, -0.2) is 4.79 Å². The van der Waals surface area contributed by atoms with Gasteiger partial charge < -0.3 is 8.92 Å². The van der Waals surface area contributed by atoms with Gasteiger partial charge in [-0.3, -0.25) is 5.32 Å². The van der Waals surface area contributed by atoms with Crippen LogP contribution in [0.2, 0.25) is 5.02 Å². The fourth-order valence-corrected chi connectivity index (χ4v) is 2.18. The topological polar surface area (TPSA) is 93.7 Å². The summed E-state index contributed by atoms with van der Waals surface area (Å²) in [6.07, 6.45) is 0.996. The van der Waals surface area contributed by atoms with Crippen LogP contribution in [0.25, 0.3) is 0 Å². The second-order valence-electron chi connectivity index (χ2n) is 4.36. The van der Waals surface area contributed by atoms with Crippen LogP contribution in [0.5, 0.6) is 0 Å². The van der Waals surface area contributed by atoms with Gasteiger partial charge in [0.25, 0.3) is 0 Å². The van der Waals surface area contributed by atoms with Gasteiger partial charge in [-0.1, -0.05) is 24.6 Å². The Morgan fingerprint density at radius 3 is 2.83 bits per heavy atom. The number of hydrogen-bond donors (Lipinski definition) is 2. The van der Waals surface area contributed by atoms with Crippen molar-refractivity contribution in [2.45, 2.75) is 26.4 Å². The van der Waals surface area contributed by atoms with Crippen LogP contribution >= 0.6 is 11.6 Å². The average Bonchev–Trinajstić information content (AvgIpc) is 2.44. The van der Waals surface area contributed by atoms with E-state index in [0.29, 0.717) is 17.1 Å². The molecule has 0 radical (unpaired) electrons. The molecule has 0 heterocycles. The Balaban J connectivity index is 2.46. The molecule has 0 saturated carbocycles. The van der Waals surface area contributed by atoms with Crippen molar-refractivity contribution in [3.63, 3.8) is 0 Å². The third kappa shape index (κ3) is 8.30. The maximum Gasteiger partial charge on any atom is 0.412 e.